The molecule has 1 heterocycles. The summed E-state index contributed by atoms with van der Waals surface area (Å²) in [6.07, 6.45) is 2.21. The number of carbonyl (C=O) groups is 3. The second-order valence-corrected chi connectivity index (χ2v) is 5.13. The van der Waals surface area contributed by atoms with Gasteiger partial charge in [0.2, 0.25) is 11.8 Å². The van der Waals surface area contributed by atoms with Gasteiger partial charge in [-0.2, -0.15) is 0 Å². The molecule has 0 aromatic heterocycles. The van der Waals surface area contributed by atoms with Crippen LogP contribution in [0.1, 0.15) is 29.6 Å². The molecular weight excluding hydrogens is 265 g/mol. The van der Waals surface area contributed by atoms with Crippen molar-refractivity contribution in [3.8, 4) is 0 Å². The third-order valence-corrected chi connectivity index (χ3v) is 4.03. The van der Waals surface area contributed by atoms with E-state index in [9.17, 15) is 18.8 Å². The number of rotatable bonds is 2. The SMILES string of the molecule is O=C(O)c1cc(N2C(=O)C3CCCC3C2=O)ccc1F. The van der Waals surface area contributed by atoms with Crippen LogP contribution in [0.3, 0.4) is 0 Å². The fourth-order valence-electron chi connectivity index (χ4n) is 3.06. The van der Waals surface area contributed by atoms with Crippen LogP contribution < -0.4 is 4.90 Å². The highest BCUT2D eigenvalue weighted by Crippen LogP contribution is 2.41. The fourth-order valence-corrected chi connectivity index (χ4v) is 3.06. The molecule has 1 aliphatic carbocycles. The van der Waals surface area contributed by atoms with E-state index in [0.29, 0.717) is 12.8 Å². The number of carboxylic acid groups (broad SMARTS) is 1. The molecule has 2 aliphatic rings. The van der Waals surface area contributed by atoms with Crippen molar-refractivity contribution in [2.75, 3.05) is 4.90 Å². The maximum Gasteiger partial charge on any atom is 0.338 e. The molecule has 5 nitrogen and oxygen atoms in total. The Morgan fingerprint density at radius 3 is 2.35 bits per heavy atom. The van der Waals surface area contributed by atoms with Gasteiger partial charge >= 0.3 is 5.97 Å². The lowest BCUT2D eigenvalue weighted by Gasteiger charge is -2.16. The zero-order valence-corrected chi connectivity index (χ0v) is 10.5. The molecule has 20 heavy (non-hydrogen) atoms. The van der Waals surface area contributed by atoms with E-state index >= 15 is 0 Å². The molecule has 3 rings (SSSR count). The molecule has 2 unspecified atom stereocenters. The molecule has 1 aliphatic heterocycles. The molecule has 2 fully saturated rings. The van der Waals surface area contributed by atoms with Gasteiger partial charge in [0.25, 0.3) is 0 Å². The van der Waals surface area contributed by atoms with Crippen LogP contribution in [0.25, 0.3) is 0 Å². The van der Waals surface area contributed by atoms with Crippen molar-refractivity contribution in [1.29, 1.82) is 0 Å². The van der Waals surface area contributed by atoms with Gasteiger partial charge in [-0.05, 0) is 31.0 Å². The minimum absolute atomic E-state index is 0.133. The molecule has 1 N–H and O–H groups in total. The lowest BCUT2D eigenvalue weighted by atomic mass is 10.00. The second kappa shape index (κ2) is 4.40. The van der Waals surface area contributed by atoms with E-state index in [1.54, 1.807) is 0 Å². The summed E-state index contributed by atoms with van der Waals surface area (Å²) in [5.41, 5.74) is -0.409. The molecule has 0 spiro atoms. The first kappa shape index (κ1) is 12.8. The van der Waals surface area contributed by atoms with Crippen LogP contribution in [-0.4, -0.2) is 22.9 Å². The summed E-state index contributed by atoms with van der Waals surface area (Å²) in [5, 5.41) is 8.90. The average Bonchev–Trinajstić information content (AvgIpc) is 2.96. The van der Waals surface area contributed by atoms with E-state index in [1.807, 2.05) is 0 Å². The largest absolute Gasteiger partial charge is 0.478 e. The van der Waals surface area contributed by atoms with Gasteiger partial charge in [0.15, 0.2) is 0 Å². The molecule has 0 bridgehead atoms. The van der Waals surface area contributed by atoms with Crippen molar-refractivity contribution in [3.63, 3.8) is 0 Å². The summed E-state index contributed by atoms with van der Waals surface area (Å²) < 4.78 is 13.4. The normalized spacial score (nSPS) is 25.1. The lowest BCUT2D eigenvalue weighted by molar-refractivity contribution is -0.122. The molecule has 6 heteroatoms. The van der Waals surface area contributed by atoms with Crippen LogP contribution in [-0.2, 0) is 9.59 Å². The molecule has 0 radical (unpaired) electrons. The van der Waals surface area contributed by atoms with E-state index in [2.05, 4.69) is 0 Å². The number of hydrogen-bond acceptors (Lipinski definition) is 3. The number of benzene rings is 1. The van der Waals surface area contributed by atoms with Crippen LogP contribution in [0.15, 0.2) is 18.2 Å². The average molecular weight is 277 g/mol. The Labute approximate surface area is 114 Å². The van der Waals surface area contributed by atoms with Crippen molar-refractivity contribution >= 4 is 23.5 Å². The fraction of sp³-hybridized carbons (Fsp3) is 0.357. The van der Waals surface area contributed by atoms with Gasteiger partial charge in [0.1, 0.15) is 5.82 Å². The number of nitrogens with zero attached hydrogens (tertiary/aromatic N) is 1. The number of hydrogen-bond donors (Lipinski definition) is 1. The minimum atomic E-state index is -1.43. The number of fused-ring (bicyclic) bond motifs is 1. The van der Waals surface area contributed by atoms with Crippen LogP contribution in [0.2, 0.25) is 0 Å². The number of carbonyl (C=O) groups excluding carboxylic acids is 2. The topological polar surface area (TPSA) is 74.7 Å². The molecule has 104 valence electrons. The number of halogens is 1. The first-order valence-electron chi connectivity index (χ1n) is 6.41. The van der Waals surface area contributed by atoms with Crippen molar-refractivity contribution in [2.45, 2.75) is 19.3 Å². The summed E-state index contributed by atoms with van der Waals surface area (Å²) in [7, 11) is 0. The summed E-state index contributed by atoms with van der Waals surface area (Å²) in [6, 6.07) is 3.26. The van der Waals surface area contributed by atoms with Gasteiger partial charge in [0.05, 0.1) is 23.1 Å². The highest BCUT2D eigenvalue weighted by atomic mass is 19.1. The van der Waals surface area contributed by atoms with Crippen molar-refractivity contribution in [2.24, 2.45) is 11.8 Å². The highest BCUT2D eigenvalue weighted by Gasteiger charge is 2.50. The zero-order chi connectivity index (χ0) is 14.4. The van der Waals surface area contributed by atoms with Crippen molar-refractivity contribution in [1.82, 2.24) is 0 Å². The Morgan fingerprint density at radius 1 is 1.20 bits per heavy atom. The first-order chi connectivity index (χ1) is 9.50. The van der Waals surface area contributed by atoms with E-state index < -0.39 is 17.3 Å². The number of carboxylic acids is 1. The van der Waals surface area contributed by atoms with Crippen LogP contribution in [0, 0.1) is 17.7 Å². The monoisotopic (exact) mass is 277 g/mol. The number of anilines is 1. The lowest BCUT2D eigenvalue weighted by Crippen LogP contribution is -2.31. The van der Waals surface area contributed by atoms with Crippen LogP contribution in [0.5, 0.6) is 0 Å². The van der Waals surface area contributed by atoms with Gasteiger partial charge in [-0.1, -0.05) is 6.42 Å². The zero-order valence-electron chi connectivity index (χ0n) is 10.5. The van der Waals surface area contributed by atoms with Gasteiger partial charge in [-0.25, -0.2) is 9.18 Å². The molecule has 1 saturated heterocycles. The molecule has 2 atom stereocenters. The first-order valence-corrected chi connectivity index (χ1v) is 6.41. The highest BCUT2D eigenvalue weighted by molar-refractivity contribution is 6.22. The summed E-state index contributed by atoms with van der Waals surface area (Å²) in [4.78, 5) is 36.4. The van der Waals surface area contributed by atoms with Crippen LogP contribution >= 0.6 is 0 Å². The number of aromatic carboxylic acids is 1. The van der Waals surface area contributed by atoms with Crippen molar-refractivity contribution < 1.29 is 23.9 Å². The summed E-state index contributed by atoms with van der Waals surface area (Å²) >= 11 is 0. The van der Waals surface area contributed by atoms with Gasteiger partial charge in [-0.15, -0.1) is 0 Å². The molecular formula is C14H12FNO4. The van der Waals surface area contributed by atoms with E-state index in [-0.39, 0.29) is 29.3 Å². The second-order valence-electron chi connectivity index (χ2n) is 5.13. The molecule has 1 aromatic carbocycles. The third kappa shape index (κ3) is 1.71. The quantitative estimate of drug-likeness (QED) is 0.837. The smallest absolute Gasteiger partial charge is 0.338 e. The standard InChI is InChI=1S/C14H12FNO4/c15-11-5-4-7(6-10(11)14(19)20)16-12(17)8-2-1-3-9(8)13(16)18/h4-6,8-9H,1-3H2,(H,19,20). The Morgan fingerprint density at radius 2 is 1.80 bits per heavy atom. The molecule has 1 saturated carbocycles. The Hall–Kier alpha value is -2.24. The Balaban J connectivity index is 2.01. The van der Waals surface area contributed by atoms with Gasteiger partial charge < -0.3 is 5.11 Å². The predicted molar refractivity (Wildman–Crippen MR) is 66.7 cm³/mol. The maximum absolute atomic E-state index is 13.4. The predicted octanol–water partition coefficient (Wildman–Crippen LogP) is 1.81. The minimum Gasteiger partial charge on any atom is -0.478 e. The van der Waals surface area contributed by atoms with E-state index in [1.165, 1.54) is 6.07 Å². The van der Waals surface area contributed by atoms with Crippen molar-refractivity contribution in [3.05, 3.63) is 29.6 Å². The Kier molecular flexibility index (Phi) is 2.81. The van der Waals surface area contributed by atoms with Gasteiger partial charge in [0, 0.05) is 0 Å². The Bertz CT molecular complexity index is 606. The molecule has 1 aromatic rings. The summed E-state index contributed by atoms with van der Waals surface area (Å²) in [6.45, 7) is 0. The van der Waals surface area contributed by atoms with Crippen LogP contribution in [0.4, 0.5) is 10.1 Å². The van der Waals surface area contributed by atoms with Gasteiger partial charge in [-0.3, -0.25) is 14.5 Å². The third-order valence-electron chi connectivity index (χ3n) is 4.03. The maximum atomic E-state index is 13.4. The number of imide groups is 1. The summed E-state index contributed by atoms with van der Waals surface area (Å²) in [5.74, 6) is -3.54. The molecule has 2 amide bonds. The van der Waals surface area contributed by atoms with E-state index in [4.69, 9.17) is 5.11 Å². The number of amides is 2. The van der Waals surface area contributed by atoms with E-state index in [0.717, 1.165) is 23.5 Å².